The van der Waals surface area contributed by atoms with Crippen molar-refractivity contribution in [1.82, 2.24) is 10.2 Å². The van der Waals surface area contributed by atoms with Gasteiger partial charge in [0.2, 0.25) is 0 Å². The number of hydrogen-bond acceptors (Lipinski definition) is 4. The summed E-state index contributed by atoms with van der Waals surface area (Å²) < 4.78 is 11.4. The summed E-state index contributed by atoms with van der Waals surface area (Å²) in [5.41, 5.74) is 2.20. The normalized spacial score (nSPS) is 30.1. The molecule has 3 fully saturated rings. The van der Waals surface area contributed by atoms with E-state index >= 15 is 0 Å². The van der Waals surface area contributed by atoms with Gasteiger partial charge >= 0.3 is 0 Å². The smallest absolute Gasteiger partial charge is 0.251 e. The second kappa shape index (κ2) is 11.7. The molecule has 1 N–H and O–H groups in total. The Balaban J connectivity index is 1.10. The van der Waals surface area contributed by atoms with E-state index in [1.54, 1.807) is 0 Å². The monoisotopic (exact) mass is 478 g/mol. The van der Waals surface area contributed by atoms with Crippen molar-refractivity contribution < 1.29 is 14.3 Å². The summed E-state index contributed by atoms with van der Waals surface area (Å²) in [6.45, 7) is 6.26. The molecular formula is C30H42N2O3. The Bertz CT molecular complexity index is 895. The second-order valence-electron chi connectivity index (χ2n) is 10.9. The van der Waals surface area contributed by atoms with Crippen molar-refractivity contribution in [1.29, 1.82) is 0 Å². The molecule has 5 rings (SSSR count). The molecule has 5 atom stereocenters. The molecule has 1 aromatic carbocycles. The first kappa shape index (κ1) is 24.6. The molecule has 2 saturated heterocycles. The first-order valence-corrected chi connectivity index (χ1v) is 13.9. The lowest BCUT2D eigenvalue weighted by atomic mass is 9.73. The zero-order chi connectivity index (χ0) is 24.0. The third-order valence-electron chi connectivity index (χ3n) is 8.48. The van der Waals surface area contributed by atoms with Gasteiger partial charge in [0.05, 0.1) is 6.10 Å². The molecule has 2 aliphatic heterocycles. The van der Waals surface area contributed by atoms with Crippen LogP contribution < -0.4 is 10.1 Å². The maximum Gasteiger partial charge on any atom is 0.251 e. The van der Waals surface area contributed by atoms with E-state index in [9.17, 15) is 4.79 Å². The molecule has 1 aromatic rings. The number of hydrogen-bond donors (Lipinski definition) is 1. The number of rotatable bonds is 7. The maximum atomic E-state index is 12.9. The van der Waals surface area contributed by atoms with Crippen LogP contribution in [0, 0.1) is 11.8 Å². The van der Waals surface area contributed by atoms with Gasteiger partial charge in [0.25, 0.3) is 5.91 Å². The number of amides is 1. The highest BCUT2D eigenvalue weighted by atomic mass is 16.5. The van der Waals surface area contributed by atoms with Crippen LogP contribution in [0.2, 0.25) is 0 Å². The van der Waals surface area contributed by atoms with Crippen molar-refractivity contribution in [3.63, 3.8) is 0 Å². The number of benzene rings is 1. The third-order valence-corrected chi connectivity index (χ3v) is 8.48. The van der Waals surface area contributed by atoms with Gasteiger partial charge < -0.3 is 14.8 Å². The lowest BCUT2D eigenvalue weighted by Crippen LogP contribution is -2.41. The minimum atomic E-state index is 0.0185. The number of nitrogens with zero attached hydrogens (tertiary/aromatic N) is 1. The van der Waals surface area contributed by atoms with Gasteiger partial charge in [-0.3, -0.25) is 9.69 Å². The lowest BCUT2D eigenvalue weighted by molar-refractivity contribution is 0.0679. The molecule has 0 bridgehead atoms. The first-order valence-electron chi connectivity index (χ1n) is 13.9. The summed E-state index contributed by atoms with van der Waals surface area (Å²) in [6.07, 6.45) is 18.4. The van der Waals surface area contributed by atoms with Crippen LogP contribution in [0.15, 0.2) is 48.1 Å². The van der Waals surface area contributed by atoms with Crippen molar-refractivity contribution in [3.05, 3.63) is 53.6 Å². The topological polar surface area (TPSA) is 50.8 Å². The van der Waals surface area contributed by atoms with E-state index in [-0.39, 0.29) is 18.1 Å². The molecule has 2 unspecified atom stereocenters. The highest BCUT2D eigenvalue weighted by molar-refractivity contribution is 5.94. The van der Waals surface area contributed by atoms with Crippen molar-refractivity contribution in [2.75, 3.05) is 26.3 Å². The Kier molecular flexibility index (Phi) is 8.25. The average molecular weight is 479 g/mol. The van der Waals surface area contributed by atoms with E-state index in [0.717, 1.165) is 44.5 Å². The van der Waals surface area contributed by atoms with E-state index < -0.39 is 0 Å². The van der Waals surface area contributed by atoms with Crippen LogP contribution in [0.3, 0.4) is 0 Å². The Morgan fingerprint density at radius 1 is 1.06 bits per heavy atom. The van der Waals surface area contributed by atoms with Gasteiger partial charge in [-0.1, -0.05) is 31.1 Å². The van der Waals surface area contributed by atoms with Crippen LogP contribution in [0.5, 0.6) is 5.75 Å². The van der Waals surface area contributed by atoms with E-state index in [1.165, 1.54) is 44.3 Å². The largest absolute Gasteiger partial charge is 0.491 e. The quantitative estimate of drug-likeness (QED) is 0.561. The molecule has 35 heavy (non-hydrogen) atoms. The minimum Gasteiger partial charge on any atom is -0.491 e. The van der Waals surface area contributed by atoms with E-state index in [0.29, 0.717) is 30.0 Å². The molecule has 2 heterocycles. The SMILES string of the molecule is C[C@H](C1=CC2CC[C@H](NC(=O)c3ccc(OC[C@@H]4CCCO4)cc3)CC2C=C1)N1CCCCCC1. The molecule has 4 aliphatic rings. The molecule has 0 aromatic heterocycles. The van der Waals surface area contributed by atoms with Crippen molar-refractivity contribution >= 4 is 5.91 Å². The Hall–Kier alpha value is -2.11. The van der Waals surface area contributed by atoms with E-state index in [2.05, 4.69) is 35.4 Å². The summed E-state index contributed by atoms with van der Waals surface area (Å²) in [4.78, 5) is 15.6. The zero-order valence-electron chi connectivity index (χ0n) is 21.3. The number of fused-ring (bicyclic) bond motifs is 1. The molecule has 1 saturated carbocycles. The summed E-state index contributed by atoms with van der Waals surface area (Å²) in [7, 11) is 0. The van der Waals surface area contributed by atoms with Crippen LogP contribution in [-0.4, -0.2) is 55.3 Å². The number of likely N-dealkylation sites (tertiary alicyclic amines) is 1. The van der Waals surface area contributed by atoms with Gasteiger partial charge in [-0.25, -0.2) is 0 Å². The van der Waals surface area contributed by atoms with Gasteiger partial charge in [-0.2, -0.15) is 0 Å². The van der Waals surface area contributed by atoms with Gasteiger partial charge in [0, 0.05) is 24.3 Å². The fourth-order valence-corrected chi connectivity index (χ4v) is 6.23. The van der Waals surface area contributed by atoms with Crippen LogP contribution in [0.25, 0.3) is 0 Å². The standard InChI is InChI=1S/C30H42N2O3/c1-22(32-16-4-2-3-5-17-32)24-8-9-26-20-27(13-10-25(26)19-24)31-30(33)23-11-14-28(15-12-23)35-21-29-7-6-18-34-29/h8-9,11-12,14-15,19,22,25-27,29H,2-7,10,13,16-18,20-21H2,1H3,(H,31,33)/t22-,25?,26?,27+,29+/m1/s1. The van der Waals surface area contributed by atoms with Crippen molar-refractivity contribution in [2.45, 2.75) is 82.9 Å². The minimum absolute atomic E-state index is 0.0185. The van der Waals surface area contributed by atoms with E-state index in [4.69, 9.17) is 9.47 Å². The Labute approximate surface area is 210 Å². The predicted octanol–water partition coefficient (Wildman–Crippen LogP) is 5.52. The van der Waals surface area contributed by atoms with E-state index in [1.807, 2.05) is 24.3 Å². The molecule has 5 nitrogen and oxygen atoms in total. The molecule has 1 amide bonds. The highest BCUT2D eigenvalue weighted by Gasteiger charge is 2.32. The molecule has 0 spiro atoms. The summed E-state index contributed by atoms with van der Waals surface area (Å²) in [5, 5.41) is 3.29. The van der Waals surface area contributed by atoms with Crippen molar-refractivity contribution in [2.24, 2.45) is 11.8 Å². The summed E-state index contributed by atoms with van der Waals surface area (Å²) in [5.74, 6) is 1.95. The number of ether oxygens (including phenoxy) is 2. The molecule has 5 heteroatoms. The molecule has 2 aliphatic carbocycles. The highest BCUT2D eigenvalue weighted by Crippen LogP contribution is 2.37. The van der Waals surface area contributed by atoms with Crippen LogP contribution in [-0.2, 0) is 4.74 Å². The number of carbonyl (C=O) groups is 1. The fourth-order valence-electron chi connectivity index (χ4n) is 6.23. The Morgan fingerprint density at radius 3 is 2.60 bits per heavy atom. The lowest BCUT2D eigenvalue weighted by Gasteiger charge is -2.38. The maximum absolute atomic E-state index is 12.9. The number of carbonyl (C=O) groups excluding carboxylic acids is 1. The van der Waals surface area contributed by atoms with Gasteiger partial charge in [-0.05, 0) is 107 Å². The summed E-state index contributed by atoms with van der Waals surface area (Å²) >= 11 is 0. The predicted molar refractivity (Wildman–Crippen MR) is 140 cm³/mol. The van der Waals surface area contributed by atoms with Crippen LogP contribution in [0.4, 0.5) is 0 Å². The van der Waals surface area contributed by atoms with Gasteiger partial charge in [0.15, 0.2) is 0 Å². The summed E-state index contributed by atoms with van der Waals surface area (Å²) in [6, 6.07) is 8.27. The second-order valence-corrected chi connectivity index (χ2v) is 10.9. The van der Waals surface area contributed by atoms with Gasteiger partial charge in [0.1, 0.15) is 12.4 Å². The van der Waals surface area contributed by atoms with Gasteiger partial charge in [-0.15, -0.1) is 0 Å². The fraction of sp³-hybridized carbons (Fsp3) is 0.633. The van der Waals surface area contributed by atoms with Crippen molar-refractivity contribution in [3.8, 4) is 5.75 Å². The molecule has 0 radical (unpaired) electrons. The average Bonchev–Trinajstić information content (AvgIpc) is 3.27. The molecule has 190 valence electrons. The number of allylic oxidation sites excluding steroid dienone is 2. The molecular weight excluding hydrogens is 436 g/mol. The number of nitrogens with one attached hydrogen (secondary N) is 1. The first-order chi connectivity index (χ1) is 17.2. The van der Waals surface area contributed by atoms with Crippen LogP contribution in [0.1, 0.15) is 75.1 Å². The third kappa shape index (κ3) is 6.37. The van der Waals surface area contributed by atoms with Crippen LogP contribution >= 0.6 is 0 Å². The zero-order valence-corrected chi connectivity index (χ0v) is 21.3. The Morgan fingerprint density at radius 2 is 1.86 bits per heavy atom.